The molecule has 1 fully saturated rings. The molecule has 118 valence electrons. The first-order valence-electron chi connectivity index (χ1n) is 5.92. The van der Waals surface area contributed by atoms with Crippen LogP contribution in [0.2, 0.25) is 0 Å². The number of rotatable bonds is 5. The first kappa shape index (κ1) is 21.8. The van der Waals surface area contributed by atoms with Crippen LogP contribution in [0.25, 0.3) is 0 Å². The van der Waals surface area contributed by atoms with Gasteiger partial charge < -0.3 is 40.7 Å². The number of carboxylic acid groups (broad SMARTS) is 2. The summed E-state index contributed by atoms with van der Waals surface area (Å²) in [6.07, 6.45) is -1.21. The summed E-state index contributed by atoms with van der Waals surface area (Å²) >= 11 is 0. The topological polar surface area (TPSA) is 151 Å². The van der Waals surface area contributed by atoms with Gasteiger partial charge in [-0.05, 0) is 0 Å². The van der Waals surface area contributed by atoms with Crippen molar-refractivity contribution >= 4 is 11.9 Å². The molecule has 2 atom stereocenters. The van der Waals surface area contributed by atoms with Crippen molar-refractivity contribution in [1.29, 1.82) is 0 Å². The van der Waals surface area contributed by atoms with Gasteiger partial charge in [0.05, 0.1) is 0 Å². The second kappa shape index (κ2) is 11.2. The third-order valence-electron chi connectivity index (χ3n) is 2.33. The van der Waals surface area contributed by atoms with E-state index in [9.17, 15) is 19.8 Å². The van der Waals surface area contributed by atoms with Crippen molar-refractivity contribution in [2.45, 2.75) is 38.8 Å². The minimum atomic E-state index is -1.63. The minimum Gasteiger partial charge on any atom is -0.550 e. The SMILES string of the molecule is CC(C)C1O[C@H](CN)[C@@H](CN)O1.O=C([O-])CC(=O)[O-].[Pt+4]. The molecule has 0 amide bonds. The van der Waals surface area contributed by atoms with E-state index in [0.717, 1.165) is 0 Å². The molecule has 0 aromatic rings. The molecule has 0 spiro atoms. The van der Waals surface area contributed by atoms with Gasteiger partial charge in [-0.1, -0.05) is 13.8 Å². The van der Waals surface area contributed by atoms with Gasteiger partial charge >= 0.3 is 21.1 Å². The van der Waals surface area contributed by atoms with Gasteiger partial charge in [-0.25, -0.2) is 0 Å². The van der Waals surface area contributed by atoms with Crippen LogP contribution in [0.5, 0.6) is 0 Å². The van der Waals surface area contributed by atoms with E-state index in [4.69, 9.17) is 20.9 Å². The Morgan fingerprint density at radius 1 is 1.05 bits per heavy atom. The number of carbonyl (C=O) groups is 2. The van der Waals surface area contributed by atoms with Gasteiger partial charge in [-0.3, -0.25) is 0 Å². The van der Waals surface area contributed by atoms with E-state index in [-0.39, 0.29) is 39.6 Å². The van der Waals surface area contributed by atoms with Crippen molar-refractivity contribution < 1.29 is 50.3 Å². The summed E-state index contributed by atoms with van der Waals surface area (Å²) in [6, 6.07) is 0. The summed E-state index contributed by atoms with van der Waals surface area (Å²) in [5.41, 5.74) is 11.0. The summed E-state index contributed by atoms with van der Waals surface area (Å²) in [6.45, 7) is 5.06. The molecular weight excluding hydrogens is 451 g/mol. The molecule has 1 heterocycles. The van der Waals surface area contributed by atoms with Crippen LogP contribution in [0.4, 0.5) is 0 Å². The van der Waals surface area contributed by atoms with Crippen molar-refractivity contribution in [1.82, 2.24) is 0 Å². The summed E-state index contributed by atoms with van der Waals surface area (Å²) < 4.78 is 11.1. The standard InChI is InChI=1S/C8H18N2O2.C3H4O4.Pt/c1-5(2)8-11-6(3-9)7(4-10)12-8;4-2(5)1-3(6)7;/h5-8H,3-4,9-10H2,1-2H3;1H2,(H,4,5)(H,6,7);/q;;+4/p-2/t6-,7-;;/m1../s1. The van der Waals surface area contributed by atoms with Gasteiger partial charge in [0.25, 0.3) is 0 Å². The van der Waals surface area contributed by atoms with Crippen molar-refractivity contribution in [3.05, 3.63) is 0 Å². The molecule has 1 saturated heterocycles. The Balaban J connectivity index is 0. The molecule has 4 N–H and O–H groups in total. The zero-order chi connectivity index (χ0) is 15.0. The summed E-state index contributed by atoms with van der Waals surface area (Å²) in [7, 11) is 0. The summed E-state index contributed by atoms with van der Waals surface area (Å²) in [5, 5.41) is 18.6. The molecule has 0 unspecified atom stereocenters. The smallest absolute Gasteiger partial charge is 0.550 e. The van der Waals surface area contributed by atoms with E-state index in [1.807, 2.05) is 0 Å². The van der Waals surface area contributed by atoms with Crippen molar-refractivity contribution in [3.63, 3.8) is 0 Å². The maximum absolute atomic E-state index is 9.28. The van der Waals surface area contributed by atoms with Crippen molar-refractivity contribution in [3.8, 4) is 0 Å². The molecule has 0 aliphatic carbocycles. The number of carboxylic acids is 2. The van der Waals surface area contributed by atoms with Crippen LogP contribution < -0.4 is 21.7 Å². The molecule has 1 rings (SSSR count). The average molecular weight is 471 g/mol. The Kier molecular flexibility index (Phi) is 12.1. The molecule has 1 aliphatic rings. The van der Waals surface area contributed by atoms with Crippen LogP contribution in [0, 0.1) is 5.92 Å². The van der Waals surface area contributed by atoms with Gasteiger partial charge in [0.1, 0.15) is 12.2 Å². The number of carbonyl (C=O) groups excluding carboxylic acids is 2. The van der Waals surface area contributed by atoms with Gasteiger partial charge in [-0.15, -0.1) is 0 Å². The predicted octanol–water partition coefficient (Wildman–Crippen LogP) is -3.46. The van der Waals surface area contributed by atoms with Gasteiger partial charge in [0, 0.05) is 37.4 Å². The van der Waals surface area contributed by atoms with Crippen molar-refractivity contribution in [2.24, 2.45) is 17.4 Å². The zero-order valence-corrected chi connectivity index (χ0v) is 13.6. The average Bonchev–Trinajstić information content (AvgIpc) is 2.71. The number of hydrogen-bond donors (Lipinski definition) is 2. The molecule has 0 bridgehead atoms. The quantitative estimate of drug-likeness (QED) is 0.393. The molecule has 1 aliphatic heterocycles. The monoisotopic (exact) mass is 471 g/mol. The fraction of sp³-hybridized carbons (Fsp3) is 0.818. The fourth-order valence-corrected chi connectivity index (χ4v) is 1.40. The molecule has 0 saturated carbocycles. The van der Waals surface area contributed by atoms with Crippen LogP contribution in [0.1, 0.15) is 20.3 Å². The number of aliphatic carboxylic acids is 2. The molecule has 0 aromatic heterocycles. The Hall–Kier alpha value is -0.532. The summed E-state index contributed by atoms with van der Waals surface area (Å²) in [5.74, 6) is -2.89. The number of hydrogen-bond acceptors (Lipinski definition) is 8. The second-order valence-electron chi connectivity index (χ2n) is 4.35. The van der Waals surface area contributed by atoms with E-state index in [2.05, 4.69) is 13.8 Å². The number of nitrogens with two attached hydrogens (primary N) is 2. The Bertz CT molecular complexity index is 279. The molecule has 9 heteroatoms. The van der Waals surface area contributed by atoms with E-state index in [1.165, 1.54) is 0 Å². The van der Waals surface area contributed by atoms with Crippen LogP contribution in [-0.4, -0.2) is 43.5 Å². The van der Waals surface area contributed by atoms with Gasteiger partial charge in [0.15, 0.2) is 6.29 Å². The van der Waals surface area contributed by atoms with Crippen molar-refractivity contribution in [2.75, 3.05) is 13.1 Å². The van der Waals surface area contributed by atoms with Gasteiger partial charge in [-0.2, -0.15) is 0 Å². The third kappa shape index (κ3) is 8.60. The Labute approximate surface area is 132 Å². The van der Waals surface area contributed by atoms with Gasteiger partial charge in [0.2, 0.25) is 0 Å². The van der Waals surface area contributed by atoms with E-state index in [0.29, 0.717) is 19.0 Å². The molecular formula is C11H20N2O6Pt+2. The first-order valence-corrected chi connectivity index (χ1v) is 5.92. The Morgan fingerprint density at radius 2 is 1.40 bits per heavy atom. The van der Waals surface area contributed by atoms with E-state index >= 15 is 0 Å². The van der Waals surface area contributed by atoms with Crippen LogP contribution in [0.3, 0.4) is 0 Å². The predicted molar refractivity (Wildman–Crippen MR) is 61.1 cm³/mol. The molecule has 20 heavy (non-hydrogen) atoms. The van der Waals surface area contributed by atoms with Crippen LogP contribution >= 0.6 is 0 Å². The maximum Gasteiger partial charge on any atom is 4.00 e. The minimum absolute atomic E-state index is 0. The normalized spacial score (nSPS) is 21.9. The fourth-order valence-electron chi connectivity index (χ4n) is 1.40. The largest absolute Gasteiger partial charge is 4.00 e. The third-order valence-corrected chi connectivity index (χ3v) is 2.33. The first-order chi connectivity index (χ1) is 8.81. The van der Waals surface area contributed by atoms with Crippen LogP contribution in [0.15, 0.2) is 0 Å². The zero-order valence-electron chi connectivity index (χ0n) is 11.4. The number of ether oxygens (including phenoxy) is 2. The van der Waals surface area contributed by atoms with E-state index in [1.54, 1.807) is 0 Å². The summed E-state index contributed by atoms with van der Waals surface area (Å²) in [4.78, 5) is 18.6. The maximum atomic E-state index is 9.28. The van der Waals surface area contributed by atoms with Crippen LogP contribution in [-0.2, 0) is 40.1 Å². The van der Waals surface area contributed by atoms with E-state index < -0.39 is 18.4 Å². The molecule has 8 nitrogen and oxygen atoms in total. The Morgan fingerprint density at radius 3 is 1.55 bits per heavy atom. The molecule has 0 aromatic carbocycles. The molecule has 0 radical (unpaired) electrons. The second-order valence-corrected chi connectivity index (χ2v) is 4.35.